The predicted octanol–water partition coefficient (Wildman–Crippen LogP) is 4.20. The Morgan fingerprint density at radius 1 is 1.00 bits per heavy atom. The summed E-state index contributed by atoms with van der Waals surface area (Å²) in [5.74, 6) is 1.53. The minimum atomic E-state index is 0.185. The molecule has 0 spiro atoms. The summed E-state index contributed by atoms with van der Waals surface area (Å²) in [4.78, 5) is 4.58. The van der Waals surface area contributed by atoms with Crippen LogP contribution in [0.2, 0.25) is 0 Å². The second-order valence-electron chi connectivity index (χ2n) is 6.29. The molecule has 2 aromatic rings. The van der Waals surface area contributed by atoms with E-state index in [1.165, 1.54) is 18.4 Å². The fraction of sp³-hybridized carbons (Fsp3) is 0.421. The van der Waals surface area contributed by atoms with Crippen LogP contribution in [0.4, 0.5) is 0 Å². The SMILES string of the molecule is CC1CCC(NC(c2ccccc2)c2ccccn2)C1C. The Hall–Kier alpha value is -1.67. The number of aromatic nitrogens is 1. The molecule has 1 N–H and O–H groups in total. The second kappa shape index (κ2) is 6.40. The van der Waals surface area contributed by atoms with E-state index in [0.29, 0.717) is 6.04 Å². The van der Waals surface area contributed by atoms with Gasteiger partial charge in [-0.3, -0.25) is 4.98 Å². The van der Waals surface area contributed by atoms with E-state index < -0.39 is 0 Å². The summed E-state index contributed by atoms with van der Waals surface area (Å²) in [7, 11) is 0. The number of rotatable bonds is 4. The van der Waals surface area contributed by atoms with Crippen molar-refractivity contribution in [1.82, 2.24) is 10.3 Å². The molecular formula is C19H24N2. The smallest absolute Gasteiger partial charge is 0.0753 e. The van der Waals surface area contributed by atoms with Crippen molar-refractivity contribution in [2.45, 2.75) is 38.8 Å². The molecule has 0 radical (unpaired) electrons. The third kappa shape index (κ3) is 3.16. The Morgan fingerprint density at radius 3 is 2.38 bits per heavy atom. The number of nitrogens with zero attached hydrogens (tertiary/aromatic N) is 1. The number of hydrogen-bond donors (Lipinski definition) is 1. The minimum Gasteiger partial charge on any atom is -0.302 e. The summed E-state index contributed by atoms with van der Waals surface area (Å²) < 4.78 is 0. The van der Waals surface area contributed by atoms with E-state index in [1.54, 1.807) is 0 Å². The fourth-order valence-corrected chi connectivity index (χ4v) is 3.36. The lowest BCUT2D eigenvalue weighted by Gasteiger charge is -2.26. The molecule has 2 heteroatoms. The average molecular weight is 280 g/mol. The van der Waals surface area contributed by atoms with E-state index in [-0.39, 0.29) is 6.04 Å². The van der Waals surface area contributed by atoms with Crippen LogP contribution < -0.4 is 5.32 Å². The van der Waals surface area contributed by atoms with Crippen molar-refractivity contribution in [1.29, 1.82) is 0 Å². The Morgan fingerprint density at radius 2 is 1.76 bits per heavy atom. The summed E-state index contributed by atoms with van der Waals surface area (Å²) in [5, 5.41) is 3.87. The van der Waals surface area contributed by atoms with Crippen LogP contribution in [-0.4, -0.2) is 11.0 Å². The van der Waals surface area contributed by atoms with Crippen molar-refractivity contribution in [3.63, 3.8) is 0 Å². The van der Waals surface area contributed by atoms with E-state index in [1.807, 2.05) is 12.3 Å². The van der Waals surface area contributed by atoms with Crippen LogP contribution in [-0.2, 0) is 0 Å². The van der Waals surface area contributed by atoms with Gasteiger partial charge in [-0.25, -0.2) is 0 Å². The zero-order chi connectivity index (χ0) is 14.7. The van der Waals surface area contributed by atoms with Gasteiger partial charge in [-0.15, -0.1) is 0 Å². The molecule has 0 saturated heterocycles. The molecule has 4 unspecified atom stereocenters. The number of pyridine rings is 1. The normalized spacial score (nSPS) is 26.7. The molecule has 1 aliphatic carbocycles. The van der Waals surface area contributed by atoms with Crippen molar-refractivity contribution in [2.75, 3.05) is 0 Å². The number of hydrogen-bond acceptors (Lipinski definition) is 2. The monoisotopic (exact) mass is 280 g/mol. The van der Waals surface area contributed by atoms with Crippen LogP contribution in [0.3, 0.4) is 0 Å². The molecule has 1 fully saturated rings. The molecular weight excluding hydrogens is 256 g/mol. The van der Waals surface area contributed by atoms with Gasteiger partial charge in [-0.1, -0.05) is 50.2 Å². The largest absolute Gasteiger partial charge is 0.302 e. The standard InChI is InChI=1S/C19H24N2/c1-14-11-12-17(15(14)2)21-19(16-8-4-3-5-9-16)18-10-6-7-13-20-18/h3-10,13-15,17,19,21H,11-12H2,1-2H3. The van der Waals surface area contributed by atoms with E-state index >= 15 is 0 Å². The Bertz CT molecular complexity index is 513. The topological polar surface area (TPSA) is 24.9 Å². The highest BCUT2D eigenvalue weighted by Crippen LogP contribution is 2.33. The van der Waals surface area contributed by atoms with Gasteiger partial charge in [0.05, 0.1) is 11.7 Å². The first kappa shape index (κ1) is 14.3. The third-order valence-corrected chi connectivity index (χ3v) is 4.96. The molecule has 3 rings (SSSR count). The molecule has 1 aliphatic rings. The Labute approximate surface area is 127 Å². The van der Waals surface area contributed by atoms with E-state index in [2.05, 4.69) is 66.6 Å². The lowest BCUT2D eigenvalue weighted by molar-refractivity contribution is 0.352. The molecule has 110 valence electrons. The fourth-order valence-electron chi connectivity index (χ4n) is 3.36. The lowest BCUT2D eigenvalue weighted by Crippen LogP contribution is -2.36. The van der Waals surface area contributed by atoms with Gasteiger partial charge in [-0.05, 0) is 42.4 Å². The predicted molar refractivity (Wildman–Crippen MR) is 87.0 cm³/mol. The first-order valence-corrected chi connectivity index (χ1v) is 7.97. The van der Waals surface area contributed by atoms with E-state index in [9.17, 15) is 0 Å². The summed E-state index contributed by atoms with van der Waals surface area (Å²) in [6.45, 7) is 4.74. The van der Waals surface area contributed by atoms with Crippen LogP contribution >= 0.6 is 0 Å². The van der Waals surface area contributed by atoms with Gasteiger partial charge in [0.15, 0.2) is 0 Å². The third-order valence-electron chi connectivity index (χ3n) is 4.96. The maximum Gasteiger partial charge on any atom is 0.0753 e. The quantitative estimate of drug-likeness (QED) is 0.908. The summed E-state index contributed by atoms with van der Waals surface area (Å²) in [6.07, 6.45) is 4.47. The maximum absolute atomic E-state index is 4.58. The zero-order valence-corrected chi connectivity index (χ0v) is 12.9. The number of nitrogens with one attached hydrogen (secondary N) is 1. The van der Waals surface area contributed by atoms with Crippen LogP contribution in [0.25, 0.3) is 0 Å². The highest BCUT2D eigenvalue weighted by Gasteiger charge is 2.32. The van der Waals surface area contributed by atoms with Crippen molar-refractivity contribution >= 4 is 0 Å². The van der Waals surface area contributed by atoms with Crippen LogP contribution in [0.15, 0.2) is 54.7 Å². The minimum absolute atomic E-state index is 0.185. The van der Waals surface area contributed by atoms with Gasteiger partial charge in [0.25, 0.3) is 0 Å². The van der Waals surface area contributed by atoms with Crippen LogP contribution in [0.5, 0.6) is 0 Å². The van der Waals surface area contributed by atoms with Gasteiger partial charge in [-0.2, -0.15) is 0 Å². The Kier molecular flexibility index (Phi) is 4.35. The van der Waals surface area contributed by atoms with Gasteiger partial charge in [0, 0.05) is 12.2 Å². The first-order valence-electron chi connectivity index (χ1n) is 7.97. The molecule has 4 atom stereocenters. The molecule has 0 aliphatic heterocycles. The van der Waals surface area contributed by atoms with Crippen molar-refractivity contribution in [3.8, 4) is 0 Å². The average Bonchev–Trinajstić information content (AvgIpc) is 2.86. The Balaban J connectivity index is 1.87. The zero-order valence-electron chi connectivity index (χ0n) is 12.9. The van der Waals surface area contributed by atoms with Gasteiger partial charge in [0.1, 0.15) is 0 Å². The lowest BCUT2D eigenvalue weighted by atomic mass is 9.95. The first-order chi connectivity index (χ1) is 10.3. The molecule has 1 saturated carbocycles. The maximum atomic E-state index is 4.58. The van der Waals surface area contributed by atoms with Gasteiger partial charge >= 0.3 is 0 Å². The molecule has 21 heavy (non-hydrogen) atoms. The second-order valence-corrected chi connectivity index (χ2v) is 6.29. The highest BCUT2D eigenvalue weighted by molar-refractivity contribution is 5.27. The molecule has 0 amide bonds. The van der Waals surface area contributed by atoms with E-state index in [0.717, 1.165) is 17.5 Å². The number of benzene rings is 1. The molecule has 0 bridgehead atoms. The molecule has 1 aromatic carbocycles. The summed E-state index contributed by atoms with van der Waals surface area (Å²) >= 11 is 0. The molecule has 1 heterocycles. The molecule has 2 nitrogen and oxygen atoms in total. The van der Waals surface area contributed by atoms with Gasteiger partial charge < -0.3 is 5.32 Å². The van der Waals surface area contributed by atoms with Crippen LogP contribution in [0, 0.1) is 11.8 Å². The van der Waals surface area contributed by atoms with Crippen LogP contribution in [0.1, 0.15) is 44.0 Å². The van der Waals surface area contributed by atoms with E-state index in [4.69, 9.17) is 0 Å². The molecule has 1 aromatic heterocycles. The highest BCUT2D eigenvalue weighted by atomic mass is 15.0. The van der Waals surface area contributed by atoms with Crippen molar-refractivity contribution in [2.24, 2.45) is 11.8 Å². The van der Waals surface area contributed by atoms with Gasteiger partial charge in [0.2, 0.25) is 0 Å². The van der Waals surface area contributed by atoms with Crippen molar-refractivity contribution < 1.29 is 0 Å². The summed E-state index contributed by atoms with van der Waals surface area (Å²) in [5.41, 5.74) is 2.40. The van der Waals surface area contributed by atoms with Crippen molar-refractivity contribution in [3.05, 3.63) is 66.0 Å². The summed E-state index contributed by atoms with van der Waals surface area (Å²) in [6, 6.07) is 17.6.